The van der Waals surface area contributed by atoms with E-state index < -0.39 is 11.8 Å². The Kier molecular flexibility index (Phi) is 3.21. The van der Waals surface area contributed by atoms with Gasteiger partial charge in [0, 0.05) is 18.9 Å². The highest BCUT2D eigenvalue weighted by Crippen LogP contribution is 2.39. The lowest BCUT2D eigenvalue weighted by Crippen LogP contribution is -2.36. The maximum Gasteiger partial charge on any atom is 0.252 e. The highest BCUT2D eigenvalue weighted by atomic mass is 19.3. The lowest BCUT2D eigenvalue weighted by molar-refractivity contribution is -0.0361. The first-order chi connectivity index (χ1) is 6.06. The minimum atomic E-state index is -2.53. The van der Waals surface area contributed by atoms with Crippen molar-refractivity contribution >= 4 is 0 Å². The summed E-state index contributed by atoms with van der Waals surface area (Å²) < 4.78 is 26.1. The average molecular weight is 188 g/mol. The van der Waals surface area contributed by atoms with Crippen molar-refractivity contribution in [3.63, 3.8) is 0 Å². The Morgan fingerprint density at radius 1 is 1.69 bits per heavy atom. The van der Waals surface area contributed by atoms with Crippen molar-refractivity contribution < 1.29 is 8.78 Å². The molecular formula is C9H14F2N2. The minimum Gasteiger partial charge on any atom is -0.302 e. The van der Waals surface area contributed by atoms with Crippen LogP contribution in [0.15, 0.2) is 0 Å². The summed E-state index contributed by atoms with van der Waals surface area (Å²) in [6.07, 6.45) is 1.17. The summed E-state index contributed by atoms with van der Waals surface area (Å²) >= 11 is 0. The zero-order chi connectivity index (χ0) is 9.90. The molecule has 0 bridgehead atoms. The fraction of sp³-hybridized carbons (Fsp3) is 0.889. The quantitative estimate of drug-likeness (QED) is 0.734. The molecule has 0 aliphatic heterocycles. The Balaban J connectivity index is 2.34. The van der Waals surface area contributed by atoms with Gasteiger partial charge in [-0.1, -0.05) is 0 Å². The first-order valence-electron chi connectivity index (χ1n) is 4.57. The summed E-state index contributed by atoms with van der Waals surface area (Å²) in [4.78, 5) is 0. The van der Waals surface area contributed by atoms with Crippen molar-refractivity contribution in [2.75, 3.05) is 6.54 Å². The predicted octanol–water partition coefficient (Wildman–Crippen LogP) is 1.92. The molecule has 1 aliphatic rings. The molecule has 1 rings (SSSR count). The zero-order valence-electron chi connectivity index (χ0n) is 7.69. The molecule has 2 unspecified atom stereocenters. The van der Waals surface area contributed by atoms with E-state index in [4.69, 9.17) is 5.26 Å². The highest BCUT2D eigenvalue weighted by molar-refractivity contribution is 4.90. The summed E-state index contributed by atoms with van der Waals surface area (Å²) in [5, 5.41) is 11.2. The van der Waals surface area contributed by atoms with Gasteiger partial charge in [0.05, 0.1) is 12.1 Å². The van der Waals surface area contributed by atoms with E-state index in [-0.39, 0.29) is 19.0 Å². The molecule has 74 valence electrons. The van der Waals surface area contributed by atoms with Crippen LogP contribution in [0.5, 0.6) is 0 Å². The molecule has 0 aromatic rings. The van der Waals surface area contributed by atoms with Crippen molar-refractivity contribution in [1.82, 2.24) is 5.32 Å². The molecule has 0 aromatic carbocycles. The smallest absolute Gasteiger partial charge is 0.252 e. The third-order valence-electron chi connectivity index (χ3n) is 2.52. The third kappa shape index (κ3) is 2.63. The molecule has 0 spiro atoms. The van der Waals surface area contributed by atoms with Crippen molar-refractivity contribution in [1.29, 1.82) is 5.26 Å². The Labute approximate surface area is 76.9 Å². The van der Waals surface area contributed by atoms with Gasteiger partial charge in [0.15, 0.2) is 0 Å². The van der Waals surface area contributed by atoms with Gasteiger partial charge in [0.1, 0.15) is 0 Å². The Morgan fingerprint density at radius 2 is 2.38 bits per heavy atom. The maximum absolute atomic E-state index is 13.0. The van der Waals surface area contributed by atoms with E-state index in [0.717, 1.165) is 0 Å². The van der Waals surface area contributed by atoms with Crippen LogP contribution >= 0.6 is 0 Å². The first-order valence-corrected chi connectivity index (χ1v) is 4.57. The Morgan fingerprint density at radius 3 is 2.85 bits per heavy atom. The number of hydrogen-bond donors (Lipinski definition) is 1. The number of nitrogens with zero attached hydrogens (tertiary/aromatic N) is 1. The van der Waals surface area contributed by atoms with Gasteiger partial charge in [-0.2, -0.15) is 5.26 Å². The lowest BCUT2D eigenvalue weighted by atomic mass is 10.1. The van der Waals surface area contributed by atoms with Crippen LogP contribution in [0.25, 0.3) is 0 Å². The van der Waals surface area contributed by atoms with Crippen molar-refractivity contribution in [3.05, 3.63) is 0 Å². The monoisotopic (exact) mass is 188 g/mol. The van der Waals surface area contributed by atoms with Crippen LogP contribution in [-0.4, -0.2) is 18.5 Å². The van der Waals surface area contributed by atoms with E-state index in [2.05, 4.69) is 5.32 Å². The second-order valence-corrected chi connectivity index (χ2v) is 3.61. The highest BCUT2D eigenvalue weighted by Gasteiger charge is 2.43. The zero-order valence-corrected chi connectivity index (χ0v) is 7.69. The topological polar surface area (TPSA) is 35.8 Å². The van der Waals surface area contributed by atoms with E-state index in [1.54, 1.807) is 6.92 Å². The second kappa shape index (κ2) is 4.01. The number of halogens is 2. The molecule has 0 amide bonds. The molecule has 1 fully saturated rings. The van der Waals surface area contributed by atoms with Crippen LogP contribution < -0.4 is 5.32 Å². The molecule has 0 aromatic heterocycles. The van der Waals surface area contributed by atoms with Crippen molar-refractivity contribution in [2.45, 2.75) is 38.2 Å². The largest absolute Gasteiger partial charge is 0.302 e. The van der Waals surface area contributed by atoms with Crippen LogP contribution in [0.4, 0.5) is 8.78 Å². The first kappa shape index (κ1) is 10.4. The molecule has 0 radical (unpaired) electrons. The lowest BCUT2D eigenvalue weighted by Gasteiger charge is -2.19. The Bertz CT molecular complexity index is 210. The van der Waals surface area contributed by atoms with Crippen LogP contribution in [0.3, 0.4) is 0 Å². The number of nitriles is 1. The third-order valence-corrected chi connectivity index (χ3v) is 2.52. The molecule has 1 N–H and O–H groups in total. The molecule has 0 saturated heterocycles. The van der Waals surface area contributed by atoms with E-state index in [1.165, 1.54) is 0 Å². The van der Waals surface area contributed by atoms with Gasteiger partial charge in [0.25, 0.3) is 5.92 Å². The Hall–Kier alpha value is -0.690. The van der Waals surface area contributed by atoms with Crippen molar-refractivity contribution in [3.8, 4) is 6.07 Å². The predicted molar refractivity (Wildman–Crippen MR) is 45.4 cm³/mol. The fourth-order valence-electron chi connectivity index (χ4n) is 1.62. The van der Waals surface area contributed by atoms with Crippen LogP contribution in [0, 0.1) is 17.2 Å². The van der Waals surface area contributed by atoms with Gasteiger partial charge in [-0.3, -0.25) is 0 Å². The number of rotatable bonds is 3. The second-order valence-electron chi connectivity index (χ2n) is 3.61. The summed E-state index contributed by atoms with van der Waals surface area (Å²) in [6, 6.07) is 1.62. The SMILES string of the molecule is CC(C#N)NCC1CCCC1(F)F. The number of hydrogen-bond acceptors (Lipinski definition) is 2. The van der Waals surface area contributed by atoms with Gasteiger partial charge >= 0.3 is 0 Å². The minimum absolute atomic E-state index is 0.000279. The van der Waals surface area contributed by atoms with Crippen molar-refractivity contribution in [2.24, 2.45) is 5.92 Å². The molecule has 2 nitrogen and oxygen atoms in total. The standard InChI is InChI=1S/C9H14F2N2/c1-7(5-12)13-6-8-3-2-4-9(8,10)11/h7-8,13H,2-4,6H2,1H3. The normalized spacial score (nSPS) is 28.3. The van der Waals surface area contributed by atoms with Gasteiger partial charge in [-0.15, -0.1) is 0 Å². The molecule has 0 heterocycles. The van der Waals surface area contributed by atoms with E-state index in [1.807, 2.05) is 6.07 Å². The molecule has 1 saturated carbocycles. The molecule has 1 aliphatic carbocycles. The van der Waals surface area contributed by atoms with E-state index in [9.17, 15) is 8.78 Å². The van der Waals surface area contributed by atoms with Gasteiger partial charge < -0.3 is 5.32 Å². The van der Waals surface area contributed by atoms with E-state index in [0.29, 0.717) is 12.8 Å². The molecule has 2 atom stereocenters. The van der Waals surface area contributed by atoms with Gasteiger partial charge in [0.2, 0.25) is 0 Å². The molecular weight excluding hydrogens is 174 g/mol. The molecule has 4 heteroatoms. The van der Waals surface area contributed by atoms with Gasteiger partial charge in [-0.25, -0.2) is 8.78 Å². The van der Waals surface area contributed by atoms with Crippen LogP contribution in [0.1, 0.15) is 26.2 Å². The number of nitrogens with one attached hydrogen (secondary N) is 1. The maximum atomic E-state index is 13.0. The molecule has 13 heavy (non-hydrogen) atoms. The van der Waals surface area contributed by atoms with Gasteiger partial charge in [-0.05, 0) is 19.8 Å². The van der Waals surface area contributed by atoms with Crippen LogP contribution in [-0.2, 0) is 0 Å². The summed E-state index contributed by atoms with van der Waals surface area (Å²) in [5.74, 6) is -3.11. The summed E-state index contributed by atoms with van der Waals surface area (Å²) in [6.45, 7) is 1.93. The summed E-state index contributed by atoms with van der Waals surface area (Å²) in [7, 11) is 0. The average Bonchev–Trinajstić information content (AvgIpc) is 2.41. The summed E-state index contributed by atoms with van der Waals surface area (Å²) in [5.41, 5.74) is 0. The number of alkyl halides is 2. The fourth-order valence-corrected chi connectivity index (χ4v) is 1.62. The van der Waals surface area contributed by atoms with Crippen LogP contribution in [0.2, 0.25) is 0 Å². The van der Waals surface area contributed by atoms with E-state index >= 15 is 0 Å².